The van der Waals surface area contributed by atoms with E-state index in [4.69, 9.17) is 9.47 Å². The minimum atomic E-state index is -1.33. The first kappa shape index (κ1) is 28.0. The first-order chi connectivity index (χ1) is 19.8. The van der Waals surface area contributed by atoms with Gasteiger partial charge in [0.2, 0.25) is 11.8 Å². The molecule has 1 saturated heterocycles. The number of urea groups is 1. The smallest absolute Gasteiger partial charge is 0.323 e. The highest BCUT2D eigenvalue weighted by atomic mass is 19.1. The summed E-state index contributed by atoms with van der Waals surface area (Å²) in [6.07, 6.45) is 3.80. The topological polar surface area (TPSA) is 122 Å². The van der Waals surface area contributed by atoms with Crippen LogP contribution in [0.3, 0.4) is 0 Å². The molecule has 10 nitrogen and oxygen atoms in total. The van der Waals surface area contributed by atoms with Gasteiger partial charge in [-0.3, -0.25) is 14.9 Å². The van der Waals surface area contributed by atoms with Crippen LogP contribution in [0.4, 0.5) is 30.8 Å². The first-order valence-electron chi connectivity index (χ1n) is 13.2. The maximum absolute atomic E-state index is 14.9. The van der Waals surface area contributed by atoms with Crippen molar-refractivity contribution in [2.75, 3.05) is 36.1 Å². The maximum atomic E-state index is 14.9. The molecule has 5 rings (SSSR count). The maximum Gasteiger partial charge on any atom is 0.323 e. The van der Waals surface area contributed by atoms with E-state index >= 15 is 0 Å². The summed E-state index contributed by atoms with van der Waals surface area (Å²) in [5.74, 6) is -1.65. The summed E-state index contributed by atoms with van der Waals surface area (Å²) in [5.41, 5.74) is -1.08. The van der Waals surface area contributed by atoms with Crippen molar-refractivity contribution in [3.8, 4) is 11.5 Å². The third-order valence-electron chi connectivity index (χ3n) is 7.11. The molecule has 4 amide bonds. The normalized spacial score (nSPS) is 17.3. The van der Waals surface area contributed by atoms with Gasteiger partial charge in [-0.25, -0.2) is 18.6 Å². The van der Waals surface area contributed by atoms with Crippen molar-refractivity contribution in [1.82, 2.24) is 9.88 Å². The Morgan fingerprint density at radius 2 is 1.68 bits per heavy atom. The number of carbonyl (C=O) groups excluding carboxylic acids is 3. The zero-order chi connectivity index (χ0) is 29.0. The Bertz CT molecular complexity index is 1450. The van der Waals surface area contributed by atoms with Crippen LogP contribution in [0.2, 0.25) is 0 Å². The standard InChI is InChI=1S/C29H29F2N5O5/c1-40-22-3-2-14-36(17-22)28(39)35-25-16-21(10-13-32-25)41-20-8-9-24(23(31)15-20)34-27(38)29(11-12-29)26(37)33-19-6-4-18(30)5-7-19/h4-10,13,15-16,22H,2-3,11-12,14,17H2,1H3,(H,33,37)(H,34,38)(H,32,35,39). The zero-order valence-corrected chi connectivity index (χ0v) is 22.3. The highest BCUT2D eigenvalue weighted by Crippen LogP contribution is 2.47. The van der Waals surface area contributed by atoms with Gasteiger partial charge in [0.05, 0.1) is 11.8 Å². The zero-order valence-electron chi connectivity index (χ0n) is 22.3. The van der Waals surface area contributed by atoms with Crippen LogP contribution in [0, 0.1) is 17.0 Å². The second-order valence-corrected chi connectivity index (χ2v) is 9.99. The van der Waals surface area contributed by atoms with E-state index in [1.54, 1.807) is 18.1 Å². The molecule has 3 aromatic rings. The van der Waals surface area contributed by atoms with Gasteiger partial charge in [0, 0.05) is 44.2 Å². The van der Waals surface area contributed by atoms with Crippen molar-refractivity contribution in [3.05, 3.63) is 72.4 Å². The number of methoxy groups -OCH3 is 1. The predicted octanol–water partition coefficient (Wildman–Crippen LogP) is 5.15. The molecule has 3 N–H and O–H groups in total. The second kappa shape index (κ2) is 11.9. The van der Waals surface area contributed by atoms with Gasteiger partial charge in [-0.05, 0) is 68.1 Å². The number of ether oxygens (including phenoxy) is 2. The van der Waals surface area contributed by atoms with E-state index in [1.165, 1.54) is 48.7 Å². The molecule has 1 aliphatic carbocycles. The number of hydrogen-bond donors (Lipinski definition) is 3. The quantitative estimate of drug-likeness (QED) is 0.325. The number of likely N-dealkylation sites (tertiary alicyclic amines) is 1. The first-order valence-corrected chi connectivity index (χ1v) is 13.2. The summed E-state index contributed by atoms with van der Waals surface area (Å²) in [6, 6.07) is 11.9. The van der Waals surface area contributed by atoms with Crippen LogP contribution in [0.1, 0.15) is 25.7 Å². The van der Waals surface area contributed by atoms with Gasteiger partial charge in [-0.15, -0.1) is 0 Å². The van der Waals surface area contributed by atoms with Crippen molar-refractivity contribution in [2.45, 2.75) is 31.8 Å². The molecule has 1 aliphatic heterocycles. The molecule has 1 unspecified atom stereocenters. The number of pyridine rings is 1. The third kappa shape index (κ3) is 6.60. The Morgan fingerprint density at radius 3 is 2.39 bits per heavy atom. The Balaban J connectivity index is 1.18. The molecule has 2 fully saturated rings. The highest BCUT2D eigenvalue weighted by Gasteiger charge is 2.56. The molecule has 12 heteroatoms. The van der Waals surface area contributed by atoms with Crippen molar-refractivity contribution in [1.29, 1.82) is 0 Å². The lowest BCUT2D eigenvalue weighted by Gasteiger charge is -2.31. The molecule has 1 atom stereocenters. The Kier molecular flexibility index (Phi) is 8.11. The van der Waals surface area contributed by atoms with E-state index in [2.05, 4.69) is 20.9 Å². The highest BCUT2D eigenvalue weighted by molar-refractivity contribution is 6.16. The van der Waals surface area contributed by atoms with Crippen LogP contribution in [-0.2, 0) is 14.3 Å². The minimum Gasteiger partial charge on any atom is -0.457 e. The van der Waals surface area contributed by atoms with Crippen molar-refractivity contribution in [3.63, 3.8) is 0 Å². The molecule has 41 heavy (non-hydrogen) atoms. The number of amides is 4. The molecule has 0 radical (unpaired) electrons. The van der Waals surface area contributed by atoms with Gasteiger partial charge in [-0.2, -0.15) is 0 Å². The lowest BCUT2D eigenvalue weighted by atomic mass is 10.0. The van der Waals surface area contributed by atoms with Gasteiger partial charge >= 0.3 is 6.03 Å². The number of nitrogens with zero attached hydrogens (tertiary/aromatic N) is 2. The van der Waals surface area contributed by atoms with Gasteiger partial charge in [0.25, 0.3) is 0 Å². The second-order valence-electron chi connectivity index (χ2n) is 9.99. The Morgan fingerprint density at radius 1 is 0.951 bits per heavy atom. The van der Waals surface area contributed by atoms with Crippen LogP contribution in [0.5, 0.6) is 11.5 Å². The molecule has 2 aromatic carbocycles. The van der Waals surface area contributed by atoms with E-state index in [0.717, 1.165) is 18.9 Å². The van der Waals surface area contributed by atoms with Crippen LogP contribution in [-0.4, -0.2) is 54.0 Å². The van der Waals surface area contributed by atoms with Crippen LogP contribution >= 0.6 is 0 Å². The molecule has 1 saturated carbocycles. The third-order valence-corrected chi connectivity index (χ3v) is 7.11. The van der Waals surface area contributed by atoms with Gasteiger partial charge in [0.1, 0.15) is 34.4 Å². The number of hydrogen-bond acceptors (Lipinski definition) is 6. The van der Waals surface area contributed by atoms with Crippen LogP contribution < -0.4 is 20.7 Å². The lowest BCUT2D eigenvalue weighted by molar-refractivity contribution is -0.131. The number of aromatic nitrogens is 1. The molecule has 214 valence electrons. The molecule has 1 aromatic heterocycles. The summed E-state index contributed by atoms with van der Waals surface area (Å²) in [6.45, 7) is 1.10. The molecular weight excluding hydrogens is 536 g/mol. The minimum absolute atomic E-state index is 0.00633. The average molecular weight is 566 g/mol. The van der Waals surface area contributed by atoms with Gasteiger partial charge in [-0.1, -0.05) is 0 Å². The number of benzene rings is 2. The summed E-state index contributed by atoms with van der Waals surface area (Å²) >= 11 is 0. The molecular formula is C29H29F2N5O5. The number of carbonyl (C=O) groups is 3. The summed E-state index contributed by atoms with van der Waals surface area (Å²) in [5, 5.41) is 7.84. The number of piperidine rings is 1. The molecule has 2 aliphatic rings. The Hall–Kier alpha value is -4.58. The van der Waals surface area contributed by atoms with Crippen LogP contribution in [0.15, 0.2) is 60.8 Å². The predicted molar refractivity (Wildman–Crippen MR) is 147 cm³/mol. The van der Waals surface area contributed by atoms with Crippen molar-refractivity contribution in [2.24, 2.45) is 5.41 Å². The summed E-state index contributed by atoms with van der Waals surface area (Å²) in [7, 11) is 1.62. The van der Waals surface area contributed by atoms with Crippen molar-refractivity contribution < 1.29 is 32.6 Å². The lowest BCUT2D eigenvalue weighted by Crippen LogP contribution is -2.45. The fraction of sp³-hybridized carbons (Fsp3) is 0.310. The van der Waals surface area contributed by atoms with E-state index in [1.807, 2.05) is 0 Å². The summed E-state index contributed by atoms with van der Waals surface area (Å²) < 4.78 is 39.2. The molecule has 2 heterocycles. The van der Waals surface area contributed by atoms with Crippen molar-refractivity contribution >= 4 is 35.0 Å². The number of rotatable bonds is 8. The van der Waals surface area contributed by atoms with E-state index < -0.39 is 28.9 Å². The fourth-order valence-corrected chi connectivity index (χ4v) is 4.55. The van der Waals surface area contributed by atoms with Crippen LogP contribution in [0.25, 0.3) is 0 Å². The summed E-state index contributed by atoms with van der Waals surface area (Å²) in [4.78, 5) is 44.1. The van der Waals surface area contributed by atoms with E-state index in [-0.39, 0.29) is 29.4 Å². The Labute approximate surface area is 235 Å². The SMILES string of the molecule is COC1CCCN(C(=O)Nc2cc(Oc3ccc(NC(=O)C4(C(=O)Nc5ccc(F)cc5)CC4)c(F)c3)ccn2)C1. The van der Waals surface area contributed by atoms with E-state index in [0.29, 0.717) is 37.4 Å². The average Bonchev–Trinajstić information content (AvgIpc) is 3.78. The number of halogens is 2. The number of anilines is 3. The largest absolute Gasteiger partial charge is 0.457 e. The van der Waals surface area contributed by atoms with Gasteiger partial charge in [0.15, 0.2) is 0 Å². The molecule has 0 bridgehead atoms. The fourth-order valence-electron chi connectivity index (χ4n) is 4.55. The van der Waals surface area contributed by atoms with E-state index in [9.17, 15) is 23.2 Å². The molecule has 0 spiro atoms. The monoisotopic (exact) mass is 565 g/mol. The van der Waals surface area contributed by atoms with Gasteiger partial charge < -0.3 is 25.0 Å². The number of nitrogens with one attached hydrogen (secondary N) is 3.